The molecule has 2 amide bonds. The molecule has 2 rings (SSSR count). The first-order chi connectivity index (χ1) is 14.8. The van der Waals surface area contributed by atoms with Crippen LogP contribution in [-0.2, 0) is 11.3 Å². The third kappa shape index (κ3) is 9.72. The zero-order valence-electron chi connectivity index (χ0n) is 17.6. The summed E-state index contributed by atoms with van der Waals surface area (Å²) in [5, 5.41) is 15.4. The molecule has 1 atom stereocenters. The van der Waals surface area contributed by atoms with Gasteiger partial charge in [-0.3, -0.25) is 9.69 Å². The first kappa shape index (κ1) is 25.2. The summed E-state index contributed by atoms with van der Waals surface area (Å²) in [5.41, 5.74) is 2.15. The minimum atomic E-state index is -0.789. The number of hydrogen-bond donors (Lipinski definition) is 3. The highest BCUT2D eigenvalue weighted by atomic mass is 79.9. The monoisotopic (exact) mass is 509 g/mol. The van der Waals surface area contributed by atoms with E-state index in [-0.39, 0.29) is 18.5 Å². The van der Waals surface area contributed by atoms with Gasteiger partial charge in [0, 0.05) is 41.6 Å². The van der Waals surface area contributed by atoms with Crippen molar-refractivity contribution in [1.82, 2.24) is 15.5 Å². The van der Waals surface area contributed by atoms with E-state index in [9.17, 15) is 9.59 Å². The Hall–Kier alpha value is -2.09. The molecule has 0 spiro atoms. The second kappa shape index (κ2) is 13.3. The summed E-state index contributed by atoms with van der Waals surface area (Å²) in [7, 11) is 0. The third-order valence-corrected chi connectivity index (χ3v) is 5.79. The maximum Gasteiger partial charge on any atom is 0.315 e. The number of rotatable bonds is 12. The van der Waals surface area contributed by atoms with Crippen LogP contribution in [0.3, 0.4) is 0 Å². The fourth-order valence-electron chi connectivity index (χ4n) is 3.22. The number of carbonyl (C=O) groups excluding carboxylic acids is 1. The number of benzene rings is 2. The summed E-state index contributed by atoms with van der Waals surface area (Å²) < 4.78 is 1.00. The van der Waals surface area contributed by atoms with Crippen LogP contribution in [0, 0.1) is 0 Å². The molecule has 0 aliphatic carbocycles. The first-order valence-corrected chi connectivity index (χ1v) is 11.5. The zero-order chi connectivity index (χ0) is 22.6. The van der Waals surface area contributed by atoms with Crippen molar-refractivity contribution in [2.24, 2.45) is 0 Å². The number of carbonyl (C=O) groups is 2. The summed E-state index contributed by atoms with van der Waals surface area (Å²) >= 11 is 9.38. The Labute approximate surface area is 197 Å². The normalized spacial score (nSPS) is 11.9. The van der Waals surface area contributed by atoms with Crippen molar-refractivity contribution in [2.75, 3.05) is 19.6 Å². The molecule has 0 radical (unpaired) electrons. The van der Waals surface area contributed by atoms with Gasteiger partial charge < -0.3 is 15.7 Å². The largest absolute Gasteiger partial charge is 0.481 e. The number of carboxylic acid groups (broad SMARTS) is 1. The van der Waals surface area contributed by atoms with Crippen LogP contribution in [0.15, 0.2) is 53.0 Å². The predicted octanol–water partition coefficient (Wildman–Crippen LogP) is 5.22. The Morgan fingerprint density at radius 3 is 2.32 bits per heavy atom. The summed E-state index contributed by atoms with van der Waals surface area (Å²) in [5.74, 6) is -0.789. The van der Waals surface area contributed by atoms with Crippen molar-refractivity contribution < 1.29 is 14.7 Å². The fourth-order valence-corrected chi connectivity index (χ4v) is 3.61. The van der Waals surface area contributed by atoms with Gasteiger partial charge in [0.15, 0.2) is 0 Å². The Morgan fingerprint density at radius 2 is 1.68 bits per heavy atom. The Bertz CT molecular complexity index is 831. The lowest BCUT2D eigenvalue weighted by Gasteiger charge is -2.29. The van der Waals surface area contributed by atoms with Crippen molar-refractivity contribution in [2.45, 2.75) is 38.8 Å². The SMILES string of the molecule is CC(c1ccc(Cl)cc1)N(CCCNC(=O)NCc1ccc(Br)cc1)CCCC(=O)O. The van der Waals surface area contributed by atoms with Crippen LogP contribution in [-0.4, -0.2) is 41.6 Å². The molecule has 2 aromatic carbocycles. The average molecular weight is 511 g/mol. The van der Waals surface area contributed by atoms with Gasteiger partial charge in [-0.25, -0.2) is 4.79 Å². The van der Waals surface area contributed by atoms with E-state index in [0.29, 0.717) is 31.1 Å². The molecule has 31 heavy (non-hydrogen) atoms. The molecular formula is C23H29BrClN3O3. The van der Waals surface area contributed by atoms with E-state index in [1.54, 1.807) is 0 Å². The standard InChI is InChI=1S/C23H29BrClN3O3/c1-17(19-7-11-21(25)12-8-19)28(14-2-4-22(29)30)15-3-13-26-23(31)27-16-18-5-9-20(24)10-6-18/h5-12,17H,2-4,13-16H2,1H3,(H,29,30)(H2,26,27,31). The predicted molar refractivity (Wildman–Crippen MR) is 127 cm³/mol. The van der Waals surface area contributed by atoms with E-state index in [0.717, 1.165) is 28.6 Å². The molecule has 0 saturated heterocycles. The van der Waals surface area contributed by atoms with Crippen molar-refractivity contribution >= 4 is 39.5 Å². The molecule has 0 aliphatic rings. The fraction of sp³-hybridized carbons (Fsp3) is 0.391. The molecule has 0 bridgehead atoms. The molecule has 0 aromatic heterocycles. The Kier molecular flexibility index (Phi) is 10.8. The van der Waals surface area contributed by atoms with Gasteiger partial charge in [-0.1, -0.05) is 51.8 Å². The van der Waals surface area contributed by atoms with Gasteiger partial charge in [-0.15, -0.1) is 0 Å². The number of urea groups is 1. The number of nitrogens with one attached hydrogen (secondary N) is 2. The lowest BCUT2D eigenvalue weighted by atomic mass is 10.1. The van der Waals surface area contributed by atoms with E-state index in [1.807, 2.05) is 48.5 Å². The number of hydrogen-bond acceptors (Lipinski definition) is 3. The van der Waals surface area contributed by atoms with Gasteiger partial charge in [0.1, 0.15) is 0 Å². The lowest BCUT2D eigenvalue weighted by Crippen LogP contribution is -2.37. The van der Waals surface area contributed by atoms with Crippen LogP contribution in [0.2, 0.25) is 5.02 Å². The van der Waals surface area contributed by atoms with Gasteiger partial charge in [0.05, 0.1) is 0 Å². The van der Waals surface area contributed by atoms with Crippen LogP contribution in [0.5, 0.6) is 0 Å². The van der Waals surface area contributed by atoms with Gasteiger partial charge in [-0.2, -0.15) is 0 Å². The molecule has 3 N–H and O–H groups in total. The molecule has 168 valence electrons. The van der Waals surface area contributed by atoms with Crippen molar-refractivity contribution in [3.8, 4) is 0 Å². The number of amides is 2. The van der Waals surface area contributed by atoms with Gasteiger partial charge >= 0.3 is 12.0 Å². The van der Waals surface area contributed by atoms with Crippen LogP contribution in [0.25, 0.3) is 0 Å². The average Bonchev–Trinajstić information content (AvgIpc) is 2.75. The Morgan fingerprint density at radius 1 is 1.03 bits per heavy atom. The minimum absolute atomic E-state index is 0.122. The van der Waals surface area contributed by atoms with Crippen LogP contribution < -0.4 is 10.6 Å². The van der Waals surface area contributed by atoms with Crippen molar-refractivity contribution in [3.63, 3.8) is 0 Å². The Balaban J connectivity index is 1.78. The molecular weight excluding hydrogens is 482 g/mol. The van der Waals surface area contributed by atoms with E-state index >= 15 is 0 Å². The molecule has 0 saturated carbocycles. The molecule has 0 heterocycles. The zero-order valence-corrected chi connectivity index (χ0v) is 20.0. The highest BCUT2D eigenvalue weighted by molar-refractivity contribution is 9.10. The third-order valence-electron chi connectivity index (χ3n) is 5.01. The van der Waals surface area contributed by atoms with E-state index in [2.05, 4.69) is 38.4 Å². The van der Waals surface area contributed by atoms with Gasteiger partial charge in [0.25, 0.3) is 0 Å². The number of carboxylic acids is 1. The van der Waals surface area contributed by atoms with E-state index in [4.69, 9.17) is 16.7 Å². The summed E-state index contributed by atoms with van der Waals surface area (Å²) in [6, 6.07) is 15.4. The number of aliphatic carboxylic acids is 1. The van der Waals surface area contributed by atoms with Gasteiger partial charge in [-0.05, 0) is 61.7 Å². The topological polar surface area (TPSA) is 81.7 Å². The highest BCUT2D eigenvalue weighted by Crippen LogP contribution is 2.22. The van der Waals surface area contributed by atoms with Crippen LogP contribution in [0.1, 0.15) is 43.4 Å². The summed E-state index contributed by atoms with van der Waals surface area (Å²) in [6.45, 7) is 4.52. The maximum atomic E-state index is 12.0. The van der Waals surface area contributed by atoms with Crippen LogP contribution in [0.4, 0.5) is 4.79 Å². The molecule has 8 heteroatoms. The molecule has 1 unspecified atom stereocenters. The first-order valence-electron chi connectivity index (χ1n) is 10.3. The summed E-state index contributed by atoms with van der Waals surface area (Å²) in [6.07, 6.45) is 1.48. The molecule has 2 aromatic rings. The second-order valence-electron chi connectivity index (χ2n) is 7.35. The quantitative estimate of drug-likeness (QED) is 0.342. The maximum absolute atomic E-state index is 12.0. The minimum Gasteiger partial charge on any atom is -0.481 e. The van der Waals surface area contributed by atoms with Crippen LogP contribution >= 0.6 is 27.5 Å². The van der Waals surface area contributed by atoms with Crippen molar-refractivity contribution in [1.29, 1.82) is 0 Å². The van der Waals surface area contributed by atoms with Gasteiger partial charge in [0.2, 0.25) is 0 Å². The molecule has 6 nitrogen and oxygen atoms in total. The number of nitrogens with zero attached hydrogens (tertiary/aromatic N) is 1. The molecule has 0 fully saturated rings. The van der Waals surface area contributed by atoms with E-state index in [1.165, 1.54) is 0 Å². The second-order valence-corrected chi connectivity index (χ2v) is 8.70. The highest BCUT2D eigenvalue weighted by Gasteiger charge is 2.16. The lowest BCUT2D eigenvalue weighted by molar-refractivity contribution is -0.137. The van der Waals surface area contributed by atoms with E-state index < -0.39 is 5.97 Å². The smallest absolute Gasteiger partial charge is 0.315 e. The molecule has 0 aliphatic heterocycles. The van der Waals surface area contributed by atoms with Crippen molar-refractivity contribution in [3.05, 3.63) is 69.2 Å². The summed E-state index contributed by atoms with van der Waals surface area (Å²) in [4.78, 5) is 25.2. The number of halogens is 2.